The van der Waals surface area contributed by atoms with Gasteiger partial charge in [0.2, 0.25) is 0 Å². The molecule has 3 unspecified atom stereocenters. The van der Waals surface area contributed by atoms with Crippen LogP contribution in [-0.4, -0.2) is 55.8 Å². The van der Waals surface area contributed by atoms with Gasteiger partial charge in [0.25, 0.3) is 5.69 Å². The van der Waals surface area contributed by atoms with Gasteiger partial charge in [0.1, 0.15) is 0 Å². The molecule has 2 fully saturated rings. The number of nitro groups is 1. The van der Waals surface area contributed by atoms with Crippen molar-refractivity contribution in [3.05, 3.63) is 57.6 Å². The number of methoxy groups -OCH3 is 2. The normalized spacial score (nSPS) is 24.2. The van der Waals surface area contributed by atoms with E-state index in [1.807, 2.05) is 6.07 Å². The molecule has 4 rings (SSSR count). The Morgan fingerprint density at radius 2 is 1.91 bits per heavy atom. The van der Waals surface area contributed by atoms with Gasteiger partial charge < -0.3 is 25.0 Å². The van der Waals surface area contributed by atoms with Crippen LogP contribution in [0.2, 0.25) is 0 Å². The van der Waals surface area contributed by atoms with Crippen molar-refractivity contribution >= 4 is 17.4 Å². The van der Waals surface area contributed by atoms with E-state index < -0.39 is 4.92 Å². The predicted molar refractivity (Wildman–Crippen MR) is 130 cm³/mol. The van der Waals surface area contributed by atoms with E-state index in [0.29, 0.717) is 17.0 Å². The minimum atomic E-state index is -0.441. The molecule has 3 atom stereocenters. The molecule has 1 saturated heterocycles. The molecule has 2 aromatic carbocycles. The van der Waals surface area contributed by atoms with Gasteiger partial charge in [0.15, 0.2) is 11.5 Å². The van der Waals surface area contributed by atoms with E-state index in [4.69, 9.17) is 9.47 Å². The smallest absolute Gasteiger partial charge is 0.319 e. The number of nitrogens with zero attached hydrogens (tertiary/aromatic N) is 2. The van der Waals surface area contributed by atoms with Gasteiger partial charge in [-0.3, -0.25) is 10.1 Å². The molecule has 9 nitrogen and oxygen atoms in total. The van der Waals surface area contributed by atoms with Gasteiger partial charge in [0.05, 0.1) is 19.1 Å². The summed E-state index contributed by atoms with van der Waals surface area (Å²) in [6, 6.07) is 10.9. The highest BCUT2D eigenvalue weighted by molar-refractivity contribution is 5.90. The van der Waals surface area contributed by atoms with Crippen LogP contribution < -0.4 is 20.1 Å². The zero-order chi connectivity index (χ0) is 24.5. The summed E-state index contributed by atoms with van der Waals surface area (Å²) in [5.41, 5.74) is 2.19. The maximum Gasteiger partial charge on any atom is 0.319 e. The fourth-order valence-corrected chi connectivity index (χ4v) is 5.63. The lowest BCUT2D eigenvalue weighted by atomic mass is 9.65. The topological polar surface area (TPSA) is 106 Å². The number of anilines is 1. The van der Waals surface area contributed by atoms with Gasteiger partial charge in [-0.05, 0) is 70.0 Å². The van der Waals surface area contributed by atoms with E-state index in [1.165, 1.54) is 11.6 Å². The van der Waals surface area contributed by atoms with E-state index in [9.17, 15) is 14.9 Å². The van der Waals surface area contributed by atoms with Crippen LogP contribution in [0, 0.1) is 17.0 Å². The van der Waals surface area contributed by atoms with E-state index in [2.05, 4.69) is 34.7 Å². The Morgan fingerprint density at radius 3 is 2.62 bits per heavy atom. The Kier molecular flexibility index (Phi) is 6.65. The summed E-state index contributed by atoms with van der Waals surface area (Å²) in [4.78, 5) is 25.8. The number of hydrogen-bond donors (Lipinski definition) is 2. The molecule has 2 aliphatic rings. The van der Waals surface area contributed by atoms with Crippen LogP contribution >= 0.6 is 0 Å². The summed E-state index contributed by atoms with van der Waals surface area (Å²) < 4.78 is 11.0. The minimum Gasteiger partial charge on any atom is -0.493 e. The number of fused-ring (bicyclic) bond motifs is 1. The van der Waals surface area contributed by atoms with Crippen molar-refractivity contribution in [1.29, 1.82) is 0 Å². The molecule has 9 heteroatoms. The number of nitrogens with one attached hydrogen (secondary N) is 2. The fraction of sp³-hybridized carbons (Fsp3) is 0.480. The van der Waals surface area contributed by atoms with Crippen LogP contribution in [-0.2, 0) is 5.41 Å². The van der Waals surface area contributed by atoms with Crippen molar-refractivity contribution in [2.45, 2.75) is 50.1 Å². The van der Waals surface area contributed by atoms with Crippen LogP contribution in [0.5, 0.6) is 11.5 Å². The summed E-state index contributed by atoms with van der Waals surface area (Å²) >= 11 is 0. The van der Waals surface area contributed by atoms with Crippen LogP contribution in [0.3, 0.4) is 0 Å². The lowest BCUT2D eigenvalue weighted by Gasteiger charge is -2.45. The van der Waals surface area contributed by atoms with Crippen molar-refractivity contribution in [2.24, 2.45) is 0 Å². The molecule has 0 aromatic heterocycles. The summed E-state index contributed by atoms with van der Waals surface area (Å²) in [5, 5.41) is 17.0. The second kappa shape index (κ2) is 9.50. The van der Waals surface area contributed by atoms with Crippen molar-refractivity contribution < 1.29 is 19.2 Å². The van der Waals surface area contributed by atoms with Crippen LogP contribution in [0.1, 0.15) is 36.8 Å². The first-order valence-electron chi connectivity index (χ1n) is 11.5. The van der Waals surface area contributed by atoms with Gasteiger partial charge in [-0.2, -0.15) is 0 Å². The van der Waals surface area contributed by atoms with Gasteiger partial charge in [-0.1, -0.05) is 12.1 Å². The molecule has 1 saturated carbocycles. The Labute approximate surface area is 199 Å². The lowest BCUT2D eigenvalue weighted by Crippen LogP contribution is -2.52. The van der Waals surface area contributed by atoms with Crippen LogP contribution in [0.4, 0.5) is 16.2 Å². The molecular formula is C25H32N4O5. The Bertz CT molecular complexity index is 1090. The third-order valence-corrected chi connectivity index (χ3v) is 7.48. The number of amides is 2. The van der Waals surface area contributed by atoms with Crippen molar-refractivity contribution in [3.8, 4) is 11.5 Å². The van der Waals surface area contributed by atoms with E-state index in [0.717, 1.165) is 38.0 Å². The molecular weight excluding hydrogens is 436 g/mol. The van der Waals surface area contributed by atoms with Crippen molar-refractivity contribution in [1.82, 2.24) is 10.2 Å². The number of nitro benzene ring substituents is 1. The first kappa shape index (κ1) is 23.8. The number of likely N-dealkylation sites (tertiary alicyclic amines) is 1. The van der Waals surface area contributed by atoms with E-state index in [1.54, 1.807) is 33.3 Å². The van der Waals surface area contributed by atoms with Gasteiger partial charge in [-0.25, -0.2) is 4.79 Å². The lowest BCUT2D eigenvalue weighted by molar-refractivity contribution is -0.385. The fourth-order valence-electron chi connectivity index (χ4n) is 5.63. The maximum atomic E-state index is 12.7. The summed E-state index contributed by atoms with van der Waals surface area (Å²) in [6.45, 7) is 2.66. The van der Waals surface area contributed by atoms with Crippen LogP contribution in [0.25, 0.3) is 0 Å². The summed E-state index contributed by atoms with van der Waals surface area (Å²) in [6.07, 6.45) is 3.67. The summed E-state index contributed by atoms with van der Waals surface area (Å²) in [5.74, 6) is 1.45. The van der Waals surface area contributed by atoms with Crippen molar-refractivity contribution in [2.75, 3.05) is 33.1 Å². The number of carbonyl (C=O) groups excluding carboxylic acids is 1. The third-order valence-electron chi connectivity index (χ3n) is 7.48. The first-order chi connectivity index (χ1) is 16.3. The molecule has 0 bridgehead atoms. The molecule has 182 valence electrons. The molecule has 2 aromatic rings. The number of aryl methyl sites for hydroxylation is 1. The van der Waals surface area contributed by atoms with Crippen molar-refractivity contribution in [3.63, 3.8) is 0 Å². The zero-order valence-corrected chi connectivity index (χ0v) is 20.1. The largest absolute Gasteiger partial charge is 0.493 e. The molecule has 34 heavy (non-hydrogen) atoms. The second-order valence-electron chi connectivity index (χ2n) is 9.30. The third kappa shape index (κ3) is 4.40. The highest BCUT2D eigenvalue weighted by Gasteiger charge is 2.50. The average Bonchev–Trinajstić information content (AvgIpc) is 3.16. The molecule has 2 amide bonds. The Balaban J connectivity index is 1.47. The molecule has 1 aliphatic carbocycles. The number of hydrogen-bond acceptors (Lipinski definition) is 6. The maximum absolute atomic E-state index is 12.7. The van der Waals surface area contributed by atoms with Gasteiger partial charge in [-0.15, -0.1) is 0 Å². The monoisotopic (exact) mass is 468 g/mol. The van der Waals surface area contributed by atoms with E-state index in [-0.39, 0.29) is 29.2 Å². The number of benzene rings is 2. The number of rotatable bonds is 6. The van der Waals surface area contributed by atoms with Crippen LogP contribution in [0.15, 0.2) is 36.4 Å². The first-order valence-corrected chi connectivity index (χ1v) is 11.5. The SMILES string of the molecule is COc1ccc(C23CCC(NC(=O)Nc4ccc(C)c([N+](=O)[O-])c4)CC2N(C)CC3)cc1OC. The van der Waals surface area contributed by atoms with E-state index >= 15 is 0 Å². The highest BCUT2D eigenvalue weighted by atomic mass is 16.6. The standard InChI is InChI=1S/C25H32N4O5/c1-16-5-7-18(14-20(16)29(31)32)26-24(30)27-19-9-10-25(11-12-28(2)23(25)15-19)17-6-8-21(33-3)22(13-17)34-4/h5-8,13-14,19,23H,9-12,15H2,1-4H3,(H2,26,27,30). The molecule has 2 N–H and O–H groups in total. The molecule has 1 aliphatic heterocycles. The number of likely N-dealkylation sites (N-methyl/N-ethyl adjacent to an activating group) is 1. The summed E-state index contributed by atoms with van der Waals surface area (Å²) in [7, 11) is 5.43. The number of urea groups is 1. The number of carbonyl (C=O) groups is 1. The molecule has 0 radical (unpaired) electrons. The highest BCUT2D eigenvalue weighted by Crippen LogP contribution is 2.49. The van der Waals surface area contributed by atoms with Gasteiger partial charge >= 0.3 is 6.03 Å². The second-order valence-corrected chi connectivity index (χ2v) is 9.30. The minimum absolute atomic E-state index is 0.000522. The Hall–Kier alpha value is -3.33. The zero-order valence-electron chi connectivity index (χ0n) is 20.1. The average molecular weight is 469 g/mol. The molecule has 0 spiro atoms. The van der Waals surface area contributed by atoms with Gasteiger partial charge in [0, 0.05) is 34.8 Å². The predicted octanol–water partition coefficient (Wildman–Crippen LogP) is 4.24. The quantitative estimate of drug-likeness (QED) is 0.485. The Morgan fingerprint density at radius 1 is 1.15 bits per heavy atom. The number of ether oxygens (including phenoxy) is 2. The molecule has 1 heterocycles.